The monoisotopic (exact) mass is 1070 g/mol. The minimum absolute atomic E-state index is 0.0148. The number of carbonyl (C=O) groups is 5. The van der Waals surface area contributed by atoms with Gasteiger partial charge in [-0.3, -0.25) is 24.0 Å². The van der Waals surface area contributed by atoms with Crippen LogP contribution >= 0.6 is 0 Å². The molecule has 10 unspecified atom stereocenters. The van der Waals surface area contributed by atoms with E-state index in [1.54, 1.807) is 48.8 Å². The predicted octanol–water partition coefficient (Wildman–Crippen LogP) is 6.03. The number of esters is 5. The van der Waals surface area contributed by atoms with Gasteiger partial charge in [0, 0.05) is 87.5 Å². The molecule has 3 heterocycles. The first-order chi connectivity index (χ1) is 35.6. The van der Waals surface area contributed by atoms with Crippen LogP contribution in [0.5, 0.6) is 0 Å². The van der Waals surface area contributed by atoms with Crippen molar-refractivity contribution in [3.8, 4) is 0 Å². The first-order valence-corrected chi connectivity index (χ1v) is 26.9. The molecule has 4 rings (SSSR count). The quantitative estimate of drug-likeness (QED) is 0.0783. The van der Waals surface area contributed by atoms with Crippen molar-refractivity contribution in [3.05, 3.63) is 35.9 Å². The Labute approximate surface area is 446 Å². The maximum Gasteiger partial charge on any atom is 0.309 e. The molecule has 3 saturated heterocycles. The van der Waals surface area contributed by atoms with Gasteiger partial charge in [0.15, 0.2) is 36.7 Å². The molecule has 3 aliphatic heterocycles. The van der Waals surface area contributed by atoms with E-state index in [0.29, 0.717) is 25.9 Å². The average molecular weight is 1070 g/mol. The highest BCUT2D eigenvalue weighted by Crippen LogP contribution is 2.40. The predicted molar refractivity (Wildman–Crippen MR) is 275 cm³/mol. The van der Waals surface area contributed by atoms with Gasteiger partial charge in [0.2, 0.25) is 0 Å². The zero-order chi connectivity index (χ0) is 55.6. The Morgan fingerprint density at radius 2 is 1.45 bits per heavy atom. The van der Waals surface area contributed by atoms with E-state index in [2.05, 4.69) is 48.3 Å². The summed E-state index contributed by atoms with van der Waals surface area (Å²) < 4.78 is 75.2. The summed E-state index contributed by atoms with van der Waals surface area (Å²) in [4.78, 5) is 67.6. The average Bonchev–Trinajstić information content (AvgIpc) is 3.34. The Hall–Kier alpha value is -3.83. The molecule has 0 N–H and O–H groups in total. The van der Waals surface area contributed by atoms with Crippen molar-refractivity contribution in [2.75, 3.05) is 62.1 Å². The lowest BCUT2D eigenvalue weighted by molar-refractivity contribution is -0.346. The lowest BCUT2D eigenvalue weighted by Gasteiger charge is -2.51. The summed E-state index contributed by atoms with van der Waals surface area (Å²) in [5.74, 6) is -3.25. The molecule has 3 fully saturated rings. The van der Waals surface area contributed by atoms with Crippen LogP contribution < -0.4 is 0 Å². The Morgan fingerprint density at radius 1 is 0.800 bits per heavy atom. The maximum atomic E-state index is 14.1. The summed E-state index contributed by atoms with van der Waals surface area (Å²) in [5.41, 5.74) is -0.0545. The molecule has 0 saturated carbocycles. The van der Waals surface area contributed by atoms with Crippen molar-refractivity contribution < 1.29 is 80.8 Å². The van der Waals surface area contributed by atoms with Gasteiger partial charge in [-0.1, -0.05) is 51.1 Å². The number of hydrogen-bond donors (Lipinski definition) is 0. The van der Waals surface area contributed by atoms with Crippen LogP contribution in [0, 0.1) is 11.8 Å². The number of carbonyl (C=O) groups excluding carboxylic acids is 5. The van der Waals surface area contributed by atoms with Gasteiger partial charge >= 0.3 is 29.8 Å². The SMILES string of the molecule is CCC(=O)OC1C(C)OC(OC2C(C)OC(O[C@@H]3C(OC)[C@H](OC(=O)CC)CC(=O)O[C@H](C)CCN(N(C)CCCc4ccccc4)CC[C@H](C)C[C@@H]3CC(OC)OC)C(OC(C)=O)C2N(C)C)CC1(C)OC(C)=O. The molecule has 0 bridgehead atoms. The first-order valence-electron chi connectivity index (χ1n) is 26.9. The van der Waals surface area contributed by atoms with Gasteiger partial charge < -0.3 is 61.7 Å². The van der Waals surface area contributed by atoms with Crippen molar-refractivity contribution in [1.29, 1.82) is 0 Å². The molecule has 3 aliphatic rings. The summed E-state index contributed by atoms with van der Waals surface area (Å²) in [5, 5.41) is 4.58. The standard InChI is InChI=1S/C55H91N3O17/c1-16-43(61)71-42-32-45(63)67-35(4)26-29-58(57(12)27-21-24-40-22-19-18-20-23-40)28-25-34(3)30-41(31-46(64-13)65-14)50(51(42)66-15)74-54-52(70-38(7)59)48(56(10)11)49(36(5)69-54)73-47-33-55(9,75-39(8)60)53(37(6)68-47)72-44(62)17-2/h18-20,22-23,34-37,41-42,46-54H,16-17,21,24-33H2,1-15H3/t34-,35+,36?,37?,41+,42+,47?,48?,49?,50-,51?,52?,53?,54?,55?/m0/s1. The Balaban J connectivity index is 1.78. The molecule has 0 aromatic heterocycles. The normalized spacial score (nSPS) is 32.7. The van der Waals surface area contributed by atoms with Gasteiger partial charge in [0.05, 0.1) is 30.8 Å². The van der Waals surface area contributed by atoms with Crippen molar-refractivity contribution in [2.45, 2.75) is 212 Å². The van der Waals surface area contributed by atoms with Crippen molar-refractivity contribution in [3.63, 3.8) is 0 Å². The fourth-order valence-electron chi connectivity index (χ4n) is 10.7. The number of hydrazine groups is 1. The van der Waals surface area contributed by atoms with Gasteiger partial charge in [0.1, 0.15) is 24.4 Å². The summed E-state index contributed by atoms with van der Waals surface area (Å²) in [6, 6.07) is 9.65. The number of likely N-dealkylation sites (N-methyl/N-ethyl adjacent to an activating group) is 1. The molecule has 0 spiro atoms. The molecule has 15 atom stereocenters. The molecule has 0 radical (unpaired) electrons. The van der Waals surface area contributed by atoms with Gasteiger partial charge in [-0.2, -0.15) is 0 Å². The fraction of sp³-hybridized carbons (Fsp3) is 0.800. The Bertz CT molecular complexity index is 1910. The number of ether oxygens (including phenoxy) is 12. The van der Waals surface area contributed by atoms with Crippen molar-refractivity contribution in [2.24, 2.45) is 11.8 Å². The van der Waals surface area contributed by atoms with E-state index in [9.17, 15) is 24.0 Å². The molecule has 0 aliphatic carbocycles. The number of rotatable bonds is 21. The molecule has 1 aromatic carbocycles. The molecular formula is C55H91N3O17. The molecule has 428 valence electrons. The molecule has 20 heteroatoms. The van der Waals surface area contributed by atoms with E-state index in [0.717, 1.165) is 25.8 Å². The lowest BCUT2D eigenvalue weighted by Crippen LogP contribution is -2.67. The zero-order valence-corrected chi connectivity index (χ0v) is 47.5. The van der Waals surface area contributed by atoms with Crippen LogP contribution in [-0.2, 0) is 87.2 Å². The van der Waals surface area contributed by atoms with Gasteiger partial charge in [-0.25, -0.2) is 10.0 Å². The summed E-state index contributed by atoms with van der Waals surface area (Å²) >= 11 is 0. The Kier molecular flexibility index (Phi) is 26.3. The number of nitrogens with zero attached hydrogens (tertiary/aromatic N) is 3. The van der Waals surface area contributed by atoms with Crippen LogP contribution in [0.2, 0.25) is 0 Å². The van der Waals surface area contributed by atoms with Crippen molar-refractivity contribution in [1.82, 2.24) is 14.9 Å². The van der Waals surface area contributed by atoms with Crippen LogP contribution in [0.3, 0.4) is 0 Å². The number of hydrogen-bond acceptors (Lipinski definition) is 20. The van der Waals surface area contributed by atoms with Gasteiger partial charge in [0.25, 0.3) is 0 Å². The second-order valence-corrected chi connectivity index (χ2v) is 20.9. The van der Waals surface area contributed by atoms with E-state index in [1.807, 2.05) is 32.0 Å². The highest BCUT2D eigenvalue weighted by Gasteiger charge is 2.56. The van der Waals surface area contributed by atoms with Gasteiger partial charge in [-0.15, -0.1) is 0 Å². The summed E-state index contributed by atoms with van der Waals surface area (Å²) in [6.07, 6.45) is -7.56. The van der Waals surface area contributed by atoms with Crippen LogP contribution in [0.1, 0.15) is 126 Å². The highest BCUT2D eigenvalue weighted by molar-refractivity contribution is 5.73. The second kappa shape index (κ2) is 30.9. The molecule has 0 amide bonds. The van der Waals surface area contributed by atoms with Crippen LogP contribution in [0.15, 0.2) is 30.3 Å². The number of cyclic esters (lactones) is 1. The van der Waals surface area contributed by atoms with Crippen LogP contribution in [0.4, 0.5) is 0 Å². The van der Waals surface area contributed by atoms with Crippen LogP contribution in [0.25, 0.3) is 0 Å². The first kappa shape index (κ1) is 63.7. The van der Waals surface area contributed by atoms with Gasteiger partial charge in [-0.05, 0) is 91.3 Å². The largest absolute Gasteiger partial charge is 0.463 e. The third-order valence-corrected chi connectivity index (χ3v) is 14.5. The zero-order valence-electron chi connectivity index (χ0n) is 47.5. The minimum Gasteiger partial charge on any atom is -0.463 e. The topological polar surface area (TPSA) is 206 Å². The molecule has 20 nitrogen and oxygen atoms in total. The van der Waals surface area contributed by atoms with E-state index < -0.39 is 121 Å². The molecular weight excluding hydrogens is 975 g/mol. The maximum absolute atomic E-state index is 14.1. The molecule has 1 aromatic rings. The van der Waals surface area contributed by atoms with Crippen molar-refractivity contribution >= 4 is 29.8 Å². The Morgan fingerprint density at radius 3 is 2.05 bits per heavy atom. The summed E-state index contributed by atoms with van der Waals surface area (Å²) in [7, 11) is 10.3. The number of methoxy groups -OCH3 is 3. The summed E-state index contributed by atoms with van der Waals surface area (Å²) in [6.45, 7) is 17.3. The van der Waals surface area contributed by atoms with E-state index >= 15 is 0 Å². The van der Waals surface area contributed by atoms with E-state index in [4.69, 9.17) is 56.8 Å². The third-order valence-electron chi connectivity index (χ3n) is 14.5. The van der Waals surface area contributed by atoms with E-state index in [-0.39, 0.29) is 38.0 Å². The minimum atomic E-state index is -1.33. The fourth-order valence-corrected chi connectivity index (χ4v) is 10.7. The number of benzene rings is 1. The lowest BCUT2D eigenvalue weighted by atomic mass is 9.82. The second-order valence-electron chi connectivity index (χ2n) is 20.9. The molecule has 75 heavy (non-hydrogen) atoms. The number of aryl methyl sites for hydroxylation is 1. The van der Waals surface area contributed by atoms with Crippen LogP contribution in [-0.4, -0.2) is 192 Å². The smallest absolute Gasteiger partial charge is 0.309 e. The highest BCUT2D eigenvalue weighted by atomic mass is 16.7. The third kappa shape index (κ3) is 19.2. The van der Waals surface area contributed by atoms with E-state index in [1.165, 1.54) is 26.5 Å².